The molecule has 1 amide bonds. The standard InChI is InChI=1S/C10H13NO4/c1-13-6-4-5-7(14-2)9(15-3)8(6)10(11)12/h4-5H,1-3H3,(H2,11,12). The van der Waals surface area contributed by atoms with E-state index in [0.29, 0.717) is 11.5 Å². The third-order valence-electron chi connectivity index (χ3n) is 1.97. The van der Waals surface area contributed by atoms with E-state index in [9.17, 15) is 4.79 Å². The highest BCUT2D eigenvalue weighted by Crippen LogP contribution is 2.36. The van der Waals surface area contributed by atoms with E-state index in [1.165, 1.54) is 21.3 Å². The van der Waals surface area contributed by atoms with E-state index in [2.05, 4.69) is 0 Å². The number of hydrogen-bond donors (Lipinski definition) is 1. The summed E-state index contributed by atoms with van der Waals surface area (Å²) in [6, 6.07) is 3.24. The molecule has 0 aromatic heterocycles. The Morgan fingerprint density at radius 3 is 2.00 bits per heavy atom. The number of nitrogens with two attached hydrogens (primary N) is 1. The van der Waals surface area contributed by atoms with Crippen LogP contribution in [0, 0.1) is 0 Å². The van der Waals surface area contributed by atoms with Gasteiger partial charge in [-0.15, -0.1) is 0 Å². The van der Waals surface area contributed by atoms with E-state index < -0.39 is 5.91 Å². The monoisotopic (exact) mass is 211 g/mol. The van der Waals surface area contributed by atoms with Crippen LogP contribution in [0.25, 0.3) is 0 Å². The Morgan fingerprint density at radius 2 is 1.60 bits per heavy atom. The van der Waals surface area contributed by atoms with Gasteiger partial charge < -0.3 is 19.9 Å². The first-order valence-electron chi connectivity index (χ1n) is 4.24. The van der Waals surface area contributed by atoms with Gasteiger partial charge in [-0.1, -0.05) is 0 Å². The summed E-state index contributed by atoms with van der Waals surface area (Å²) in [6.07, 6.45) is 0. The molecule has 0 aliphatic heterocycles. The van der Waals surface area contributed by atoms with Crippen LogP contribution in [0.5, 0.6) is 17.2 Å². The largest absolute Gasteiger partial charge is 0.496 e. The number of carbonyl (C=O) groups excluding carboxylic acids is 1. The van der Waals surface area contributed by atoms with E-state index in [0.717, 1.165) is 0 Å². The van der Waals surface area contributed by atoms with Crippen LogP contribution < -0.4 is 19.9 Å². The second-order valence-corrected chi connectivity index (χ2v) is 2.74. The Hall–Kier alpha value is -1.91. The average Bonchev–Trinajstić information content (AvgIpc) is 2.26. The molecule has 0 bridgehead atoms. The van der Waals surface area contributed by atoms with Crippen molar-refractivity contribution >= 4 is 5.91 Å². The molecular formula is C10H13NO4. The van der Waals surface area contributed by atoms with Crippen molar-refractivity contribution in [3.05, 3.63) is 17.7 Å². The fraction of sp³-hybridized carbons (Fsp3) is 0.300. The molecule has 0 atom stereocenters. The smallest absolute Gasteiger partial charge is 0.256 e. The van der Waals surface area contributed by atoms with Gasteiger partial charge in [0, 0.05) is 0 Å². The molecule has 5 heteroatoms. The molecule has 0 heterocycles. The highest BCUT2D eigenvalue weighted by molar-refractivity contribution is 5.99. The summed E-state index contributed by atoms with van der Waals surface area (Å²) in [4.78, 5) is 11.2. The van der Waals surface area contributed by atoms with Crippen LogP contribution in [0.2, 0.25) is 0 Å². The molecule has 82 valence electrons. The lowest BCUT2D eigenvalue weighted by Gasteiger charge is -2.13. The fourth-order valence-electron chi connectivity index (χ4n) is 1.31. The van der Waals surface area contributed by atoms with Gasteiger partial charge in [0.05, 0.1) is 21.3 Å². The lowest BCUT2D eigenvalue weighted by atomic mass is 10.1. The minimum atomic E-state index is -0.623. The minimum absolute atomic E-state index is 0.180. The van der Waals surface area contributed by atoms with E-state index in [1.54, 1.807) is 12.1 Å². The van der Waals surface area contributed by atoms with Crippen LogP contribution in [0.3, 0.4) is 0 Å². The van der Waals surface area contributed by atoms with E-state index in [-0.39, 0.29) is 11.3 Å². The molecule has 0 aliphatic rings. The molecule has 1 rings (SSSR count). The Balaban J connectivity index is 3.44. The van der Waals surface area contributed by atoms with Crippen LogP contribution in [0.4, 0.5) is 0 Å². The third kappa shape index (κ3) is 1.96. The zero-order chi connectivity index (χ0) is 11.4. The summed E-state index contributed by atoms with van der Waals surface area (Å²) in [5.41, 5.74) is 5.42. The van der Waals surface area contributed by atoms with Crippen LogP contribution in [-0.2, 0) is 0 Å². The summed E-state index contributed by atoms with van der Waals surface area (Å²) < 4.78 is 15.1. The van der Waals surface area contributed by atoms with Crippen molar-refractivity contribution in [2.45, 2.75) is 0 Å². The van der Waals surface area contributed by atoms with Crippen molar-refractivity contribution in [2.24, 2.45) is 5.73 Å². The summed E-state index contributed by atoms with van der Waals surface area (Å²) >= 11 is 0. The number of benzene rings is 1. The third-order valence-corrected chi connectivity index (χ3v) is 1.97. The number of amides is 1. The normalized spacial score (nSPS) is 9.53. The van der Waals surface area contributed by atoms with Crippen LogP contribution in [0.1, 0.15) is 10.4 Å². The van der Waals surface area contributed by atoms with Gasteiger partial charge in [0.25, 0.3) is 5.91 Å². The lowest BCUT2D eigenvalue weighted by molar-refractivity contribution is 0.0993. The maximum atomic E-state index is 11.2. The van der Waals surface area contributed by atoms with Crippen molar-refractivity contribution in [3.63, 3.8) is 0 Å². The van der Waals surface area contributed by atoms with Gasteiger partial charge in [0.1, 0.15) is 11.3 Å². The predicted octanol–water partition coefficient (Wildman–Crippen LogP) is 0.811. The predicted molar refractivity (Wildman–Crippen MR) is 54.6 cm³/mol. The number of ether oxygens (including phenoxy) is 3. The molecule has 1 aromatic rings. The minimum Gasteiger partial charge on any atom is -0.496 e. The number of methoxy groups -OCH3 is 3. The van der Waals surface area contributed by atoms with Crippen LogP contribution in [-0.4, -0.2) is 27.2 Å². The van der Waals surface area contributed by atoms with E-state index in [1.807, 2.05) is 0 Å². The number of hydrogen-bond acceptors (Lipinski definition) is 4. The molecule has 0 spiro atoms. The first-order valence-corrected chi connectivity index (χ1v) is 4.24. The van der Waals surface area contributed by atoms with Crippen molar-refractivity contribution in [1.29, 1.82) is 0 Å². The first-order chi connectivity index (χ1) is 7.15. The topological polar surface area (TPSA) is 70.8 Å². The molecule has 0 aliphatic carbocycles. The fourth-order valence-corrected chi connectivity index (χ4v) is 1.31. The zero-order valence-electron chi connectivity index (χ0n) is 8.87. The molecule has 0 radical (unpaired) electrons. The Labute approximate surface area is 87.7 Å². The van der Waals surface area contributed by atoms with Gasteiger partial charge in [-0.05, 0) is 12.1 Å². The Kier molecular flexibility index (Phi) is 3.38. The van der Waals surface area contributed by atoms with Crippen molar-refractivity contribution < 1.29 is 19.0 Å². The molecule has 0 saturated carbocycles. The summed E-state index contributed by atoms with van der Waals surface area (Å²) in [6.45, 7) is 0. The number of rotatable bonds is 4. The molecule has 2 N–H and O–H groups in total. The molecular weight excluding hydrogens is 198 g/mol. The molecule has 15 heavy (non-hydrogen) atoms. The van der Waals surface area contributed by atoms with Crippen LogP contribution >= 0.6 is 0 Å². The van der Waals surface area contributed by atoms with Crippen molar-refractivity contribution in [2.75, 3.05) is 21.3 Å². The van der Waals surface area contributed by atoms with E-state index in [4.69, 9.17) is 19.9 Å². The molecule has 5 nitrogen and oxygen atoms in total. The van der Waals surface area contributed by atoms with Crippen molar-refractivity contribution in [3.8, 4) is 17.2 Å². The van der Waals surface area contributed by atoms with Gasteiger partial charge in [-0.25, -0.2) is 0 Å². The van der Waals surface area contributed by atoms with Crippen molar-refractivity contribution in [1.82, 2.24) is 0 Å². The number of primary amides is 1. The maximum Gasteiger partial charge on any atom is 0.256 e. The Bertz CT molecular complexity index is 376. The lowest BCUT2D eigenvalue weighted by Crippen LogP contribution is -2.14. The SMILES string of the molecule is COc1ccc(OC)c(C(N)=O)c1OC. The second kappa shape index (κ2) is 4.54. The zero-order valence-corrected chi connectivity index (χ0v) is 8.87. The molecule has 0 unspecified atom stereocenters. The van der Waals surface area contributed by atoms with E-state index >= 15 is 0 Å². The molecule has 0 saturated heterocycles. The highest BCUT2D eigenvalue weighted by Gasteiger charge is 2.19. The van der Waals surface area contributed by atoms with Gasteiger partial charge in [-0.2, -0.15) is 0 Å². The average molecular weight is 211 g/mol. The maximum absolute atomic E-state index is 11.2. The van der Waals surface area contributed by atoms with Crippen LogP contribution in [0.15, 0.2) is 12.1 Å². The van der Waals surface area contributed by atoms with Gasteiger partial charge in [0.2, 0.25) is 0 Å². The van der Waals surface area contributed by atoms with Gasteiger partial charge >= 0.3 is 0 Å². The highest BCUT2D eigenvalue weighted by atomic mass is 16.5. The summed E-state index contributed by atoms with van der Waals surface area (Å²) in [7, 11) is 4.37. The first kappa shape index (κ1) is 11.2. The quantitative estimate of drug-likeness (QED) is 0.800. The second-order valence-electron chi connectivity index (χ2n) is 2.74. The van der Waals surface area contributed by atoms with Gasteiger partial charge in [-0.3, -0.25) is 4.79 Å². The molecule has 1 aromatic carbocycles. The number of carbonyl (C=O) groups is 1. The summed E-state index contributed by atoms with van der Waals surface area (Å²) in [5, 5.41) is 0. The van der Waals surface area contributed by atoms with Gasteiger partial charge in [0.15, 0.2) is 11.5 Å². The summed E-state index contributed by atoms with van der Waals surface area (Å²) in [5.74, 6) is 0.458. The molecule has 0 fully saturated rings. The Morgan fingerprint density at radius 1 is 1.07 bits per heavy atom.